The average molecular weight is 409 g/mol. The van der Waals surface area contributed by atoms with Crippen LogP contribution in [0.4, 0.5) is 0 Å². The van der Waals surface area contributed by atoms with Gasteiger partial charge in [0.15, 0.2) is 5.96 Å². The van der Waals surface area contributed by atoms with Gasteiger partial charge in [-0.2, -0.15) is 0 Å². The highest BCUT2D eigenvalue weighted by Gasteiger charge is 2.26. The molecular weight excluding hydrogens is 372 g/mol. The minimum atomic E-state index is -0.996. The van der Waals surface area contributed by atoms with Gasteiger partial charge in [-0.3, -0.25) is 14.1 Å². The molecule has 0 radical (unpaired) electrons. The fourth-order valence-electron chi connectivity index (χ4n) is 3.71. The van der Waals surface area contributed by atoms with E-state index in [9.17, 15) is 4.21 Å². The molecule has 28 heavy (non-hydrogen) atoms. The normalized spacial score (nSPS) is 18.1. The van der Waals surface area contributed by atoms with Crippen LogP contribution < -0.4 is 10.6 Å². The fraction of sp³-hybridized carbons (Fsp3) is 0.667. The fourth-order valence-corrected chi connectivity index (χ4v) is 4.69. The van der Waals surface area contributed by atoms with Gasteiger partial charge in [-0.05, 0) is 18.1 Å². The standard InChI is InChI=1S/C21H36N4O2S/c1-4-18(5-2)20(25-12-14-27-15-13-25)17-24-21(22-3)23-11-16-28(26)19-9-7-6-8-10-19/h6-10,18,20H,4-5,11-17H2,1-3H3,(H2,22,23,24). The third-order valence-electron chi connectivity index (χ3n) is 5.40. The van der Waals surface area contributed by atoms with Crippen molar-refractivity contribution < 1.29 is 8.95 Å². The summed E-state index contributed by atoms with van der Waals surface area (Å²) >= 11 is 0. The molecule has 1 heterocycles. The first-order chi connectivity index (χ1) is 13.7. The summed E-state index contributed by atoms with van der Waals surface area (Å²) in [6, 6.07) is 10.1. The van der Waals surface area contributed by atoms with Crippen LogP contribution in [-0.2, 0) is 15.5 Å². The number of hydrogen-bond acceptors (Lipinski definition) is 4. The monoisotopic (exact) mass is 408 g/mol. The zero-order valence-corrected chi connectivity index (χ0v) is 18.3. The van der Waals surface area contributed by atoms with Crippen molar-refractivity contribution in [3.05, 3.63) is 30.3 Å². The van der Waals surface area contributed by atoms with Crippen molar-refractivity contribution >= 4 is 16.8 Å². The van der Waals surface area contributed by atoms with Gasteiger partial charge in [0.05, 0.1) is 24.0 Å². The number of hydrogen-bond donors (Lipinski definition) is 2. The van der Waals surface area contributed by atoms with Crippen molar-refractivity contribution in [1.82, 2.24) is 15.5 Å². The Morgan fingerprint density at radius 2 is 1.86 bits per heavy atom. The number of nitrogens with one attached hydrogen (secondary N) is 2. The highest BCUT2D eigenvalue weighted by Crippen LogP contribution is 2.19. The first-order valence-electron chi connectivity index (χ1n) is 10.4. The summed E-state index contributed by atoms with van der Waals surface area (Å²) in [4.78, 5) is 7.75. The van der Waals surface area contributed by atoms with E-state index in [1.165, 1.54) is 12.8 Å². The lowest BCUT2D eigenvalue weighted by Crippen LogP contribution is -2.53. The molecule has 2 unspecified atom stereocenters. The molecule has 1 saturated heterocycles. The van der Waals surface area contributed by atoms with E-state index in [0.29, 0.717) is 24.3 Å². The SMILES string of the molecule is CCC(CC)C(CNC(=NC)NCCS(=O)c1ccccc1)N1CCOCC1. The second kappa shape index (κ2) is 12.9. The number of benzene rings is 1. The van der Waals surface area contributed by atoms with Gasteiger partial charge in [-0.25, -0.2) is 0 Å². The summed E-state index contributed by atoms with van der Waals surface area (Å²) in [6.45, 7) is 9.63. The largest absolute Gasteiger partial charge is 0.379 e. The maximum Gasteiger partial charge on any atom is 0.191 e. The lowest BCUT2D eigenvalue weighted by atomic mass is 9.92. The van der Waals surface area contributed by atoms with Crippen molar-refractivity contribution in [2.75, 3.05) is 52.2 Å². The Labute approximate surface area is 172 Å². The Morgan fingerprint density at radius 3 is 2.46 bits per heavy atom. The van der Waals surface area contributed by atoms with Gasteiger partial charge in [0, 0.05) is 49.9 Å². The topological polar surface area (TPSA) is 66.0 Å². The highest BCUT2D eigenvalue weighted by atomic mass is 32.2. The van der Waals surface area contributed by atoms with E-state index < -0.39 is 10.8 Å². The molecule has 2 N–H and O–H groups in total. The van der Waals surface area contributed by atoms with E-state index in [1.54, 1.807) is 7.05 Å². The van der Waals surface area contributed by atoms with Crippen molar-refractivity contribution in [3.63, 3.8) is 0 Å². The van der Waals surface area contributed by atoms with Gasteiger partial charge < -0.3 is 15.4 Å². The molecule has 7 heteroatoms. The molecule has 6 nitrogen and oxygen atoms in total. The maximum atomic E-state index is 12.3. The second-order valence-corrected chi connectivity index (χ2v) is 8.61. The Kier molecular flexibility index (Phi) is 10.5. The molecule has 1 fully saturated rings. The van der Waals surface area contributed by atoms with Gasteiger partial charge >= 0.3 is 0 Å². The summed E-state index contributed by atoms with van der Waals surface area (Å²) in [7, 11) is 0.786. The summed E-state index contributed by atoms with van der Waals surface area (Å²) in [5.74, 6) is 1.98. The van der Waals surface area contributed by atoms with Crippen molar-refractivity contribution in [1.29, 1.82) is 0 Å². The van der Waals surface area contributed by atoms with Crippen LogP contribution in [0.5, 0.6) is 0 Å². The molecule has 0 amide bonds. The zero-order valence-electron chi connectivity index (χ0n) is 17.5. The Balaban J connectivity index is 1.83. The van der Waals surface area contributed by atoms with Crippen LogP contribution in [0.3, 0.4) is 0 Å². The van der Waals surface area contributed by atoms with Gasteiger partial charge in [0.25, 0.3) is 0 Å². The summed E-state index contributed by atoms with van der Waals surface area (Å²) < 4.78 is 17.9. The van der Waals surface area contributed by atoms with E-state index in [1.807, 2.05) is 30.3 Å². The Morgan fingerprint density at radius 1 is 1.18 bits per heavy atom. The van der Waals surface area contributed by atoms with Gasteiger partial charge in [-0.1, -0.05) is 44.9 Å². The van der Waals surface area contributed by atoms with Gasteiger partial charge in [0.1, 0.15) is 0 Å². The van der Waals surface area contributed by atoms with Gasteiger partial charge in [-0.15, -0.1) is 0 Å². The van der Waals surface area contributed by atoms with E-state index in [0.717, 1.165) is 43.7 Å². The molecule has 158 valence electrons. The molecule has 0 bridgehead atoms. The van der Waals surface area contributed by atoms with Crippen LogP contribution in [0.15, 0.2) is 40.2 Å². The maximum absolute atomic E-state index is 12.3. The Hall–Kier alpha value is -1.44. The number of morpholine rings is 1. The van der Waals surface area contributed by atoms with Crippen molar-refractivity contribution in [2.45, 2.75) is 37.6 Å². The number of guanidine groups is 1. The van der Waals surface area contributed by atoms with E-state index in [4.69, 9.17) is 4.74 Å². The van der Waals surface area contributed by atoms with Crippen LogP contribution in [0, 0.1) is 5.92 Å². The smallest absolute Gasteiger partial charge is 0.191 e. The van der Waals surface area contributed by atoms with Crippen LogP contribution in [0.1, 0.15) is 26.7 Å². The summed E-state index contributed by atoms with van der Waals surface area (Å²) in [5.41, 5.74) is 0. The molecule has 2 atom stereocenters. The number of aliphatic imine (C=N–C) groups is 1. The minimum absolute atomic E-state index is 0.468. The molecule has 0 saturated carbocycles. The first kappa shape index (κ1) is 22.8. The predicted octanol–water partition coefficient (Wildman–Crippen LogP) is 2.10. The van der Waals surface area contributed by atoms with Gasteiger partial charge in [0.2, 0.25) is 0 Å². The van der Waals surface area contributed by atoms with E-state index in [2.05, 4.69) is 34.4 Å². The van der Waals surface area contributed by atoms with Crippen molar-refractivity contribution in [3.8, 4) is 0 Å². The lowest BCUT2D eigenvalue weighted by Gasteiger charge is -2.39. The quantitative estimate of drug-likeness (QED) is 0.458. The second-order valence-electron chi connectivity index (χ2n) is 7.03. The molecule has 0 spiro atoms. The molecule has 2 rings (SSSR count). The number of ether oxygens (including phenoxy) is 1. The first-order valence-corrected chi connectivity index (χ1v) is 11.7. The van der Waals surface area contributed by atoms with Crippen LogP contribution in [0.2, 0.25) is 0 Å². The Bertz CT molecular complexity index is 602. The lowest BCUT2D eigenvalue weighted by molar-refractivity contribution is 0.00272. The summed E-state index contributed by atoms with van der Waals surface area (Å²) in [5, 5.41) is 6.79. The summed E-state index contributed by atoms with van der Waals surface area (Å²) in [6.07, 6.45) is 2.34. The highest BCUT2D eigenvalue weighted by molar-refractivity contribution is 7.85. The molecule has 0 aliphatic carbocycles. The molecule has 0 aromatic heterocycles. The molecule has 1 aromatic carbocycles. The third-order valence-corrected chi connectivity index (χ3v) is 6.77. The van der Waals surface area contributed by atoms with E-state index >= 15 is 0 Å². The molecular formula is C21H36N4O2S. The van der Waals surface area contributed by atoms with Crippen LogP contribution in [-0.4, -0.2) is 73.3 Å². The minimum Gasteiger partial charge on any atom is -0.379 e. The van der Waals surface area contributed by atoms with Crippen LogP contribution >= 0.6 is 0 Å². The third kappa shape index (κ3) is 7.18. The molecule has 1 aromatic rings. The average Bonchev–Trinajstić information content (AvgIpc) is 2.76. The number of rotatable bonds is 10. The van der Waals surface area contributed by atoms with E-state index in [-0.39, 0.29) is 0 Å². The van der Waals surface area contributed by atoms with Crippen molar-refractivity contribution in [2.24, 2.45) is 10.9 Å². The number of nitrogens with zero attached hydrogens (tertiary/aromatic N) is 2. The van der Waals surface area contributed by atoms with Crippen LogP contribution in [0.25, 0.3) is 0 Å². The molecule has 1 aliphatic rings. The zero-order chi connectivity index (χ0) is 20.2. The predicted molar refractivity (Wildman–Crippen MR) is 117 cm³/mol. The molecule has 1 aliphatic heterocycles.